The normalized spacial score (nSPS) is 9.92. The summed E-state index contributed by atoms with van der Waals surface area (Å²) in [5, 5.41) is 11.3. The molecular weight excluding hydrogens is 157 g/mol. The van der Waals surface area contributed by atoms with Crippen molar-refractivity contribution in [3.8, 4) is 0 Å². The van der Waals surface area contributed by atoms with Crippen LogP contribution in [0.15, 0.2) is 18.2 Å². The molecule has 0 radical (unpaired) electrons. The summed E-state index contributed by atoms with van der Waals surface area (Å²) in [6, 6.07) is 4.78. The Bertz CT molecular complexity index is 263. The largest absolute Gasteiger partial charge is 0.377 e. The average molecular weight is 169 g/mol. The molecule has 1 aromatic carbocycles. The van der Waals surface area contributed by atoms with Crippen molar-refractivity contribution in [2.45, 2.75) is 13.3 Å². The van der Waals surface area contributed by atoms with Gasteiger partial charge in [-0.25, -0.2) is 4.39 Å². The standard InChI is InChI=1S/C9H12FNO/c1-2-7-8(10)4-3-5-9(7)11-6-12/h3-5,11-12H,2,6H2,1H3. The summed E-state index contributed by atoms with van der Waals surface area (Å²) in [6.45, 7) is 1.71. The van der Waals surface area contributed by atoms with Crippen molar-refractivity contribution in [3.63, 3.8) is 0 Å². The molecule has 0 heterocycles. The molecular formula is C9H12FNO. The van der Waals surface area contributed by atoms with Crippen LogP contribution < -0.4 is 5.32 Å². The summed E-state index contributed by atoms with van der Waals surface area (Å²) in [5.41, 5.74) is 1.28. The van der Waals surface area contributed by atoms with Crippen molar-refractivity contribution in [1.29, 1.82) is 0 Å². The molecule has 1 rings (SSSR count). The molecule has 1 aromatic rings. The van der Waals surface area contributed by atoms with Crippen LogP contribution in [0.2, 0.25) is 0 Å². The van der Waals surface area contributed by atoms with Crippen molar-refractivity contribution in [1.82, 2.24) is 0 Å². The van der Waals surface area contributed by atoms with Gasteiger partial charge in [0.25, 0.3) is 0 Å². The predicted octanol–water partition coefficient (Wildman–Crippen LogP) is 1.75. The Kier molecular flexibility index (Phi) is 3.05. The fraction of sp³-hybridized carbons (Fsp3) is 0.333. The Labute approximate surface area is 71.0 Å². The van der Waals surface area contributed by atoms with E-state index >= 15 is 0 Å². The van der Waals surface area contributed by atoms with E-state index in [4.69, 9.17) is 5.11 Å². The van der Waals surface area contributed by atoms with Crippen LogP contribution in [0.4, 0.5) is 10.1 Å². The van der Waals surface area contributed by atoms with Crippen molar-refractivity contribution >= 4 is 5.69 Å². The van der Waals surface area contributed by atoms with Gasteiger partial charge in [-0.1, -0.05) is 13.0 Å². The molecule has 0 aromatic heterocycles. The maximum atomic E-state index is 13.1. The zero-order valence-corrected chi connectivity index (χ0v) is 6.97. The van der Waals surface area contributed by atoms with Gasteiger partial charge in [-0.05, 0) is 18.6 Å². The van der Waals surface area contributed by atoms with Gasteiger partial charge in [0, 0.05) is 11.3 Å². The molecule has 0 spiro atoms. The van der Waals surface area contributed by atoms with Crippen molar-refractivity contribution < 1.29 is 9.50 Å². The second-order valence-corrected chi connectivity index (χ2v) is 2.45. The topological polar surface area (TPSA) is 32.3 Å². The summed E-state index contributed by atoms with van der Waals surface area (Å²) in [6.07, 6.45) is 0.620. The first-order chi connectivity index (χ1) is 5.79. The molecule has 0 saturated heterocycles. The van der Waals surface area contributed by atoms with E-state index in [1.807, 2.05) is 6.92 Å². The SMILES string of the molecule is CCc1c(F)cccc1NCO. The first-order valence-electron chi connectivity index (χ1n) is 3.91. The Morgan fingerprint density at radius 3 is 2.83 bits per heavy atom. The van der Waals surface area contributed by atoms with E-state index in [-0.39, 0.29) is 12.5 Å². The van der Waals surface area contributed by atoms with Crippen molar-refractivity contribution in [3.05, 3.63) is 29.6 Å². The number of hydrogen-bond donors (Lipinski definition) is 2. The molecule has 2 nitrogen and oxygen atoms in total. The Balaban J connectivity index is 3.00. The number of anilines is 1. The van der Waals surface area contributed by atoms with Gasteiger partial charge in [0.15, 0.2) is 0 Å². The zero-order valence-electron chi connectivity index (χ0n) is 6.97. The highest BCUT2D eigenvalue weighted by Crippen LogP contribution is 2.18. The first-order valence-corrected chi connectivity index (χ1v) is 3.91. The van der Waals surface area contributed by atoms with E-state index in [1.54, 1.807) is 12.1 Å². The summed E-state index contributed by atoms with van der Waals surface area (Å²) in [4.78, 5) is 0. The van der Waals surface area contributed by atoms with Gasteiger partial charge in [-0.3, -0.25) is 0 Å². The van der Waals surface area contributed by atoms with Crippen LogP contribution in [-0.4, -0.2) is 11.8 Å². The first kappa shape index (κ1) is 9.00. The van der Waals surface area contributed by atoms with Crippen LogP contribution in [0.5, 0.6) is 0 Å². The van der Waals surface area contributed by atoms with E-state index < -0.39 is 0 Å². The molecule has 12 heavy (non-hydrogen) atoms. The molecule has 3 heteroatoms. The quantitative estimate of drug-likeness (QED) is 0.675. The molecule has 2 N–H and O–H groups in total. The highest BCUT2D eigenvalue weighted by molar-refractivity contribution is 5.51. The number of halogens is 1. The molecule has 0 fully saturated rings. The third-order valence-corrected chi connectivity index (χ3v) is 1.74. The molecule has 0 atom stereocenters. The lowest BCUT2D eigenvalue weighted by molar-refractivity contribution is 0.325. The average Bonchev–Trinajstić information content (AvgIpc) is 2.05. The molecule has 0 saturated carbocycles. The van der Waals surface area contributed by atoms with E-state index in [0.717, 1.165) is 0 Å². The number of benzene rings is 1. The Hall–Kier alpha value is -1.09. The number of aliphatic hydroxyl groups is 1. The van der Waals surface area contributed by atoms with Gasteiger partial charge in [0.2, 0.25) is 0 Å². The number of hydrogen-bond acceptors (Lipinski definition) is 2. The van der Waals surface area contributed by atoms with Gasteiger partial charge in [-0.15, -0.1) is 0 Å². The van der Waals surface area contributed by atoms with E-state index in [2.05, 4.69) is 5.32 Å². The van der Waals surface area contributed by atoms with E-state index in [0.29, 0.717) is 17.7 Å². The lowest BCUT2D eigenvalue weighted by Gasteiger charge is -2.08. The summed E-state index contributed by atoms with van der Waals surface area (Å²) in [7, 11) is 0. The van der Waals surface area contributed by atoms with Crippen molar-refractivity contribution in [2.24, 2.45) is 0 Å². The molecule has 0 amide bonds. The molecule has 0 aliphatic rings. The molecule has 0 aliphatic carbocycles. The molecule has 0 bridgehead atoms. The molecule has 0 unspecified atom stereocenters. The Morgan fingerprint density at radius 2 is 2.25 bits per heavy atom. The summed E-state index contributed by atoms with van der Waals surface area (Å²) >= 11 is 0. The van der Waals surface area contributed by atoms with Crippen LogP contribution in [-0.2, 0) is 6.42 Å². The fourth-order valence-electron chi connectivity index (χ4n) is 1.17. The maximum absolute atomic E-state index is 13.1. The van der Waals surface area contributed by atoms with Gasteiger partial charge < -0.3 is 10.4 Å². The van der Waals surface area contributed by atoms with Crippen LogP contribution in [0.1, 0.15) is 12.5 Å². The predicted molar refractivity (Wildman–Crippen MR) is 46.5 cm³/mol. The van der Waals surface area contributed by atoms with Crippen LogP contribution in [0.3, 0.4) is 0 Å². The third-order valence-electron chi connectivity index (χ3n) is 1.74. The van der Waals surface area contributed by atoms with Gasteiger partial charge in [0.05, 0.1) is 0 Å². The van der Waals surface area contributed by atoms with Crippen molar-refractivity contribution in [2.75, 3.05) is 12.0 Å². The minimum Gasteiger partial charge on any atom is -0.377 e. The van der Waals surface area contributed by atoms with Gasteiger partial charge in [0.1, 0.15) is 12.5 Å². The Morgan fingerprint density at radius 1 is 1.50 bits per heavy atom. The second kappa shape index (κ2) is 4.07. The summed E-state index contributed by atoms with van der Waals surface area (Å²) < 4.78 is 13.1. The number of rotatable bonds is 3. The number of nitrogens with one attached hydrogen (secondary N) is 1. The molecule has 0 aliphatic heterocycles. The van der Waals surface area contributed by atoms with Crippen LogP contribution >= 0.6 is 0 Å². The molecule has 66 valence electrons. The van der Waals surface area contributed by atoms with E-state index in [9.17, 15) is 4.39 Å². The smallest absolute Gasteiger partial charge is 0.128 e. The second-order valence-electron chi connectivity index (χ2n) is 2.45. The monoisotopic (exact) mass is 169 g/mol. The van der Waals surface area contributed by atoms with Crippen LogP contribution in [0.25, 0.3) is 0 Å². The highest BCUT2D eigenvalue weighted by atomic mass is 19.1. The number of aliphatic hydroxyl groups excluding tert-OH is 1. The zero-order chi connectivity index (χ0) is 8.97. The minimum absolute atomic E-state index is 0.170. The lowest BCUT2D eigenvalue weighted by atomic mass is 10.1. The third kappa shape index (κ3) is 1.74. The summed E-state index contributed by atoms with van der Waals surface area (Å²) in [5.74, 6) is -0.226. The van der Waals surface area contributed by atoms with Gasteiger partial charge in [-0.2, -0.15) is 0 Å². The highest BCUT2D eigenvalue weighted by Gasteiger charge is 2.04. The fourth-order valence-corrected chi connectivity index (χ4v) is 1.17. The minimum atomic E-state index is -0.226. The maximum Gasteiger partial charge on any atom is 0.128 e. The van der Waals surface area contributed by atoms with Gasteiger partial charge >= 0.3 is 0 Å². The lowest BCUT2D eigenvalue weighted by Crippen LogP contribution is -2.03. The van der Waals surface area contributed by atoms with E-state index in [1.165, 1.54) is 6.07 Å². The van der Waals surface area contributed by atoms with Crippen LogP contribution in [0, 0.1) is 5.82 Å².